The van der Waals surface area contributed by atoms with E-state index in [9.17, 15) is 19.8 Å². The molecule has 0 aliphatic carbocycles. The predicted molar refractivity (Wildman–Crippen MR) is 143 cm³/mol. The topological polar surface area (TPSA) is 139 Å². The van der Waals surface area contributed by atoms with Gasteiger partial charge in [-0.15, -0.1) is 0 Å². The molecule has 0 radical (unpaired) electrons. The fourth-order valence-electron chi connectivity index (χ4n) is 2.62. The van der Waals surface area contributed by atoms with E-state index in [4.69, 9.17) is 18.9 Å². The van der Waals surface area contributed by atoms with Gasteiger partial charge in [0.05, 0.1) is 32.5 Å². The lowest BCUT2D eigenvalue weighted by molar-refractivity contribution is 0.0602. The van der Waals surface area contributed by atoms with Crippen molar-refractivity contribution < 1.29 is 38.7 Å². The first-order valence-electron chi connectivity index (χ1n) is 11.5. The number of carbonyl (C=O) groups is 2. The van der Waals surface area contributed by atoms with Crippen LogP contribution in [0.1, 0.15) is 55.8 Å². The van der Waals surface area contributed by atoms with Gasteiger partial charge in [0.1, 0.15) is 29.1 Å². The molecule has 3 rings (SSSR count). The Morgan fingerprint density at radius 2 is 1.24 bits per heavy atom. The molecule has 0 bridgehead atoms. The van der Waals surface area contributed by atoms with Gasteiger partial charge in [0.2, 0.25) is 0 Å². The minimum absolute atomic E-state index is 0. The zero-order chi connectivity index (χ0) is 27.4. The molecule has 2 aromatic rings. The number of amides is 2. The number of phenols is 1. The number of aliphatic hydroxyl groups excluding tert-OH is 1. The van der Waals surface area contributed by atoms with Crippen LogP contribution in [0, 0.1) is 0 Å². The van der Waals surface area contributed by atoms with Crippen LogP contribution in [0.5, 0.6) is 23.0 Å². The number of carbonyl (C=O) groups excluding carboxylic acids is 2. The number of hydrogen-bond donors (Lipinski definition) is 4. The Hall–Kier alpha value is -3.50. The quantitative estimate of drug-likeness (QED) is 0.406. The average molecular weight is 523 g/mol. The highest BCUT2D eigenvalue weighted by Gasteiger charge is 2.27. The lowest BCUT2D eigenvalue weighted by Crippen LogP contribution is -2.26. The second-order valence-electron chi connectivity index (χ2n) is 8.09. The van der Waals surface area contributed by atoms with Gasteiger partial charge in [0.15, 0.2) is 0 Å². The molecule has 0 spiro atoms. The molecule has 0 unspecified atom stereocenters. The molecule has 1 heterocycles. The van der Waals surface area contributed by atoms with Crippen molar-refractivity contribution in [3.63, 3.8) is 0 Å². The molecule has 1 saturated heterocycles. The number of aliphatic hydroxyl groups is 1. The van der Waals surface area contributed by atoms with Gasteiger partial charge in [-0.25, -0.2) is 0 Å². The van der Waals surface area contributed by atoms with Gasteiger partial charge in [-0.05, 0) is 52.0 Å². The van der Waals surface area contributed by atoms with Crippen molar-refractivity contribution in [3.05, 3.63) is 47.5 Å². The Bertz CT molecular complexity index is 990. The summed E-state index contributed by atoms with van der Waals surface area (Å²) in [4.78, 5) is 22.7. The number of rotatable bonds is 7. The smallest absolute Gasteiger partial charge is 0.251 e. The lowest BCUT2D eigenvalue weighted by atomic mass is 10.2. The average Bonchev–Trinajstić information content (AvgIpc) is 3.53. The zero-order valence-corrected chi connectivity index (χ0v) is 22.1. The van der Waals surface area contributed by atoms with Gasteiger partial charge in [0, 0.05) is 37.4 Å². The maximum absolute atomic E-state index is 11.6. The molecule has 1 fully saturated rings. The van der Waals surface area contributed by atoms with Crippen molar-refractivity contribution >= 4 is 11.8 Å². The first kappa shape index (κ1) is 33.5. The van der Waals surface area contributed by atoms with Crippen LogP contribution in [0.3, 0.4) is 0 Å². The van der Waals surface area contributed by atoms with Crippen molar-refractivity contribution in [3.8, 4) is 23.0 Å². The molecule has 2 aromatic carbocycles. The molecule has 37 heavy (non-hydrogen) atoms. The van der Waals surface area contributed by atoms with Crippen molar-refractivity contribution in [2.75, 3.05) is 28.3 Å². The number of aromatic hydroxyl groups is 1. The molecule has 1 aliphatic heterocycles. The number of benzene rings is 2. The van der Waals surface area contributed by atoms with Crippen molar-refractivity contribution in [2.24, 2.45) is 0 Å². The fourth-order valence-corrected chi connectivity index (χ4v) is 2.62. The second-order valence-corrected chi connectivity index (χ2v) is 8.09. The first-order valence-corrected chi connectivity index (χ1v) is 11.5. The van der Waals surface area contributed by atoms with E-state index < -0.39 is 6.10 Å². The van der Waals surface area contributed by atoms with E-state index in [1.807, 2.05) is 0 Å². The Balaban J connectivity index is 0.000000592. The summed E-state index contributed by atoms with van der Waals surface area (Å²) in [6.07, 6.45) is 0.138. The summed E-state index contributed by atoms with van der Waals surface area (Å²) < 4.78 is 20.5. The molecular weight excluding hydrogens is 480 g/mol. The van der Waals surface area contributed by atoms with Crippen LogP contribution in [0.4, 0.5) is 0 Å². The standard InChI is InChI=1S/C13H19NO4.C9H11NO3.C4H8O.CH4/c1-8(15)9(2)18-12-6-10(13(16)14-3)5-11(7-12)17-4;1-10-9(12)6-3-7(11)5-8(4-6)13-2;1-3-4(2)5-3;/h5-9,15H,1-4H3,(H,14,16);3-5,11H,1-2H3,(H,10,12);3-4H,1-2H3;1H4/t8-,9-;;3-,4+;/m0.../s1. The molecule has 1 aliphatic rings. The predicted octanol–water partition coefficient (Wildman–Crippen LogP) is 3.39. The van der Waals surface area contributed by atoms with Crippen LogP contribution in [0.15, 0.2) is 36.4 Å². The van der Waals surface area contributed by atoms with Gasteiger partial charge >= 0.3 is 0 Å². The third kappa shape index (κ3) is 11.9. The highest BCUT2D eigenvalue weighted by molar-refractivity contribution is 5.95. The summed E-state index contributed by atoms with van der Waals surface area (Å²) in [5.74, 6) is 1.01. The summed E-state index contributed by atoms with van der Waals surface area (Å²) in [6, 6.07) is 9.27. The maximum Gasteiger partial charge on any atom is 0.251 e. The molecule has 0 saturated carbocycles. The minimum Gasteiger partial charge on any atom is -0.508 e. The van der Waals surface area contributed by atoms with Crippen LogP contribution in [0.25, 0.3) is 0 Å². The largest absolute Gasteiger partial charge is 0.508 e. The summed E-state index contributed by atoms with van der Waals surface area (Å²) >= 11 is 0. The molecule has 10 heteroatoms. The van der Waals surface area contributed by atoms with Crippen LogP contribution in [-0.4, -0.2) is 74.8 Å². The van der Waals surface area contributed by atoms with Crippen LogP contribution in [0.2, 0.25) is 0 Å². The lowest BCUT2D eigenvalue weighted by Gasteiger charge is -2.18. The van der Waals surface area contributed by atoms with E-state index in [1.165, 1.54) is 33.4 Å². The number of methoxy groups -OCH3 is 2. The van der Waals surface area contributed by atoms with Crippen LogP contribution in [-0.2, 0) is 4.74 Å². The number of nitrogens with one attached hydrogen (secondary N) is 2. The monoisotopic (exact) mass is 522 g/mol. The Labute approximate surface area is 219 Å². The van der Waals surface area contributed by atoms with Crippen molar-refractivity contribution in [1.29, 1.82) is 0 Å². The van der Waals surface area contributed by atoms with Crippen molar-refractivity contribution in [1.82, 2.24) is 10.6 Å². The van der Waals surface area contributed by atoms with Gasteiger partial charge in [0.25, 0.3) is 11.8 Å². The molecular formula is C27H42N2O8. The van der Waals surface area contributed by atoms with Gasteiger partial charge in [-0.2, -0.15) is 0 Å². The van der Waals surface area contributed by atoms with Crippen LogP contribution >= 0.6 is 0 Å². The zero-order valence-electron chi connectivity index (χ0n) is 22.1. The van der Waals surface area contributed by atoms with E-state index in [2.05, 4.69) is 24.5 Å². The summed E-state index contributed by atoms with van der Waals surface area (Å²) in [5, 5.41) is 23.6. The second kappa shape index (κ2) is 16.3. The Morgan fingerprint density at radius 3 is 1.62 bits per heavy atom. The number of epoxide rings is 1. The van der Waals surface area contributed by atoms with Crippen LogP contribution < -0.4 is 24.8 Å². The molecule has 2 amide bonds. The first-order chi connectivity index (χ1) is 16.9. The van der Waals surface area contributed by atoms with E-state index in [0.29, 0.717) is 40.6 Å². The Kier molecular flexibility index (Phi) is 14.7. The number of hydrogen-bond acceptors (Lipinski definition) is 8. The fraction of sp³-hybridized carbons (Fsp3) is 0.481. The number of ether oxygens (including phenoxy) is 4. The minimum atomic E-state index is -0.598. The summed E-state index contributed by atoms with van der Waals surface area (Å²) in [5.41, 5.74) is 0.823. The van der Waals surface area contributed by atoms with Gasteiger partial charge in [-0.3, -0.25) is 9.59 Å². The molecule has 10 nitrogen and oxygen atoms in total. The Morgan fingerprint density at radius 1 is 0.838 bits per heavy atom. The summed E-state index contributed by atoms with van der Waals surface area (Å²) in [6.45, 7) is 7.55. The van der Waals surface area contributed by atoms with E-state index >= 15 is 0 Å². The molecule has 208 valence electrons. The van der Waals surface area contributed by atoms with Gasteiger partial charge in [-0.1, -0.05) is 7.43 Å². The van der Waals surface area contributed by atoms with E-state index in [1.54, 1.807) is 45.2 Å². The highest BCUT2D eigenvalue weighted by atomic mass is 16.6. The van der Waals surface area contributed by atoms with Crippen molar-refractivity contribution in [2.45, 2.75) is 59.5 Å². The van der Waals surface area contributed by atoms with E-state index in [0.717, 1.165) is 0 Å². The molecule has 0 aromatic heterocycles. The molecule has 4 N–H and O–H groups in total. The normalized spacial score (nSPS) is 16.6. The van der Waals surface area contributed by atoms with E-state index in [-0.39, 0.29) is 31.1 Å². The van der Waals surface area contributed by atoms with Gasteiger partial charge < -0.3 is 39.8 Å². The third-order valence-corrected chi connectivity index (χ3v) is 5.24. The SMILES string of the molecule is C.CNC(=O)c1cc(O)cc(OC)c1.CNC(=O)c1cc(OC)cc(O[C@@H](C)[C@H](C)O)c1.C[C@@H]1O[C@@H]1C. The summed E-state index contributed by atoms with van der Waals surface area (Å²) in [7, 11) is 6.08. The number of phenolic OH excluding ortho intramolecular Hbond substituents is 1. The maximum atomic E-state index is 11.6. The third-order valence-electron chi connectivity index (χ3n) is 5.24. The highest BCUT2D eigenvalue weighted by Crippen LogP contribution is 2.24. The molecule has 4 atom stereocenters.